The van der Waals surface area contributed by atoms with E-state index in [4.69, 9.17) is 21.1 Å². The van der Waals surface area contributed by atoms with Crippen molar-refractivity contribution in [1.29, 1.82) is 0 Å². The van der Waals surface area contributed by atoms with Crippen molar-refractivity contribution in [3.05, 3.63) is 64.2 Å². The lowest BCUT2D eigenvalue weighted by atomic mass is 9.95. The SMILES string of the molecule is COCCCN1C(=O)C(=O)/C(=C(/O)c2ccc(Cl)cc2)[C@@H]1c1ccc(O)c(OC)c1. The molecule has 7 nitrogen and oxygen atoms in total. The minimum absolute atomic E-state index is 0.0347. The van der Waals surface area contributed by atoms with Gasteiger partial charge in [0, 0.05) is 30.8 Å². The van der Waals surface area contributed by atoms with Gasteiger partial charge in [-0.3, -0.25) is 9.59 Å². The van der Waals surface area contributed by atoms with Gasteiger partial charge in [0.1, 0.15) is 5.76 Å². The average Bonchev–Trinajstić information content (AvgIpc) is 2.99. The summed E-state index contributed by atoms with van der Waals surface area (Å²) in [5.41, 5.74) is 0.856. The number of benzene rings is 2. The molecular formula is C22H22ClNO6. The molecule has 2 aromatic carbocycles. The molecule has 1 saturated heterocycles. The molecular weight excluding hydrogens is 410 g/mol. The first kappa shape index (κ1) is 21.7. The first-order chi connectivity index (χ1) is 14.4. The zero-order valence-corrected chi connectivity index (χ0v) is 17.3. The van der Waals surface area contributed by atoms with Gasteiger partial charge in [0.15, 0.2) is 11.5 Å². The Hall–Kier alpha value is -3.03. The van der Waals surface area contributed by atoms with Gasteiger partial charge in [0.2, 0.25) is 0 Å². The van der Waals surface area contributed by atoms with Gasteiger partial charge in [-0.1, -0.05) is 17.7 Å². The standard InChI is InChI=1S/C22H22ClNO6/c1-29-11-3-10-24-19(14-6-9-16(25)17(12-14)30-2)18(21(27)22(24)28)20(26)13-4-7-15(23)8-5-13/h4-9,12,19,25-26H,3,10-11H2,1-2H3/b20-18+/t19-/m0/s1. The van der Waals surface area contributed by atoms with Crippen LogP contribution in [0.3, 0.4) is 0 Å². The zero-order valence-electron chi connectivity index (χ0n) is 16.6. The Morgan fingerprint density at radius 1 is 1.13 bits per heavy atom. The number of carbonyl (C=O) groups excluding carboxylic acids is 2. The smallest absolute Gasteiger partial charge is 0.295 e. The van der Waals surface area contributed by atoms with E-state index in [9.17, 15) is 19.8 Å². The lowest BCUT2D eigenvalue weighted by Crippen LogP contribution is -2.31. The molecule has 1 atom stereocenters. The molecule has 1 heterocycles. The number of Topliss-reactive ketones (excluding diaryl/α,β-unsaturated/α-hetero) is 1. The third kappa shape index (κ3) is 4.13. The van der Waals surface area contributed by atoms with Crippen LogP contribution in [0.1, 0.15) is 23.6 Å². The molecule has 1 amide bonds. The van der Waals surface area contributed by atoms with Gasteiger partial charge in [-0.05, 0) is 48.4 Å². The van der Waals surface area contributed by atoms with E-state index in [0.717, 1.165) is 0 Å². The topological polar surface area (TPSA) is 96.3 Å². The number of phenolic OH excluding ortho intramolecular Hbond substituents is 1. The summed E-state index contributed by atoms with van der Waals surface area (Å²) in [6, 6.07) is 10.0. The van der Waals surface area contributed by atoms with E-state index in [0.29, 0.717) is 29.2 Å². The summed E-state index contributed by atoms with van der Waals surface area (Å²) in [5, 5.41) is 21.3. The number of phenols is 1. The lowest BCUT2D eigenvalue weighted by molar-refractivity contribution is -0.140. The second kappa shape index (κ2) is 9.19. The second-order valence-corrected chi connectivity index (χ2v) is 7.21. The maximum absolute atomic E-state index is 12.9. The van der Waals surface area contributed by atoms with E-state index in [1.165, 1.54) is 18.1 Å². The van der Waals surface area contributed by atoms with E-state index >= 15 is 0 Å². The van der Waals surface area contributed by atoms with Gasteiger partial charge >= 0.3 is 0 Å². The number of ether oxygens (including phenoxy) is 2. The Bertz CT molecular complexity index is 986. The van der Waals surface area contributed by atoms with Crippen molar-refractivity contribution >= 4 is 29.1 Å². The van der Waals surface area contributed by atoms with Gasteiger partial charge < -0.3 is 24.6 Å². The highest BCUT2D eigenvalue weighted by Crippen LogP contribution is 2.41. The highest BCUT2D eigenvalue weighted by molar-refractivity contribution is 6.46. The summed E-state index contributed by atoms with van der Waals surface area (Å²) in [4.78, 5) is 27.1. The van der Waals surface area contributed by atoms with Gasteiger partial charge in [-0.25, -0.2) is 0 Å². The van der Waals surface area contributed by atoms with Crippen molar-refractivity contribution in [3.63, 3.8) is 0 Å². The highest BCUT2D eigenvalue weighted by atomic mass is 35.5. The number of aliphatic hydroxyl groups is 1. The molecule has 30 heavy (non-hydrogen) atoms. The number of aliphatic hydroxyl groups excluding tert-OH is 1. The summed E-state index contributed by atoms with van der Waals surface area (Å²) in [6.45, 7) is 0.662. The molecule has 0 spiro atoms. The number of likely N-dealkylation sites (tertiary alicyclic amines) is 1. The maximum atomic E-state index is 12.9. The number of methoxy groups -OCH3 is 2. The van der Waals surface area contributed by atoms with E-state index in [1.807, 2.05) is 0 Å². The van der Waals surface area contributed by atoms with E-state index in [1.54, 1.807) is 43.5 Å². The summed E-state index contributed by atoms with van der Waals surface area (Å²) in [6.07, 6.45) is 0.510. The van der Waals surface area contributed by atoms with Gasteiger partial charge in [-0.2, -0.15) is 0 Å². The molecule has 2 N–H and O–H groups in total. The average molecular weight is 432 g/mol. The summed E-state index contributed by atoms with van der Waals surface area (Å²) in [7, 11) is 2.96. The first-order valence-electron chi connectivity index (χ1n) is 9.29. The Kier molecular flexibility index (Phi) is 6.64. The second-order valence-electron chi connectivity index (χ2n) is 6.78. The number of rotatable bonds is 7. The predicted molar refractivity (Wildman–Crippen MR) is 112 cm³/mol. The van der Waals surface area contributed by atoms with Crippen LogP contribution in [-0.4, -0.2) is 54.2 Å². The van der Waals surface area contributed by atoms with E-state index in [-0.39, 0.29) is 29.4 Å². The largest absolute Gasteiger partial charge is 0.507 e. The van der Waals surface area contributed by atoms with Crippen LogP contribution in [0.15, 0.2) is 48.0 Å². The van der Waals surface area contributed by atoms with Crippen LogP contribution in [0.4, 0.5) is 0 Å². The molecule has 2 aromatic rings. The van der Waals surface area contributed by atoms with Gasteiger partial charge in [0.05, 0.1) is 18.7 Å². The van der Waals surface area contributed by atoms with Crippen LogP contribution < -0.4 is 4.74 Å². The number of hydrogen-bond donors (Lipinski definition) is 2. The molecule has 0 bridgehead atoms. The Labute approximate surface area is 179 Å². The van der Waals surface area contributed by atoms with Crippen LogP contribution in [0.2, 0.25) is 5.02 Å². The maximum Gasteiger partial charge on any atom is 0.295 e. The van der Waals surface area contributed by atoms with Crippen LogP contribution >= 0.6 is 11.6 Å². The first-order valence-corrected chi connectivity index (χ1v) is 9.67. The van der Waals surface area contributed by atoms with Crippen molar-refractivity contribution in [2.75, 3.05) is 27.4 Å². The Morgan fingerprint density at radius 2 is 1.83 bits per heavy atom. The molecule has 8 heteroatoms. The minimum atomic E-state index is -0.841. The van der Waals surface area contributed by atoms with Crippen LogP contribution in [0, 0.1) is 0 Å². The molecule has 3 rings (SSSR count). The van der Waals surface area contributed by atoms with Crippen molar-refractivity contribution in [3.8, 4) is 11.5 Å². The number of carbonyl (C=O) groups is 2. The Balaban J connectivity index is 2.15. The van der Waals surface area contributed by atoms with Crippen LogP contribution in [0.25, 0.3) is 5.76 Å². The summed E-state index contributed by atoms with van der Waals surface area (Å²) < 4.78 is 10.2. The number of hydrogen-bond acceptors (Lipinski definition) is 6. The fourth-order valence-electron chi connectivity index (χ4n) is 3.46. The monoisotopic (exact) mass is 431 g/mol. The number of halogens is 1. The third-order valence-electron chi connectivity index (χ3n) is 4.92. The molecule has 0 radical (unpaired) electrons. The fraction of sp³-hybridized carbons (Fsp3) is 0.273. The highest BCUT2D eigenvalue weighted by Gasteiger charge is 2.46. The van der Waals surface area contributed by atoms with E-state index < -0.39 is 17.7 Å². The van der Waals surface area contributed by atoms with Crippen LogP contribution in [0.5, 0.6) is 11.5 Å². The molecule has 158 valence electrons. The molecule has 1 aliphatic heterocycles. The zero-order chi connectivity index (χ0) is 21.8. The molecule has 0 unspecified atom stereocenters. The number of amides is 1. The van der Waals surface area contributed by atoms with Crippen molar-refractivity contribution < 1.29 is 29.3 Å². The van der Waals surface area contributed by atoms with Crippen molar-refractivity contribution in [2.45, 2.75) is 12.5 Å². The number of aromatic hydroxyl groups is 1. The third-order valence-corrected chi connectivity index (χ3v) is 5.18. The van der Waals surface area contributed by atoms with Crippen molar-refractivity contribution in [2.24, 2.45) is 0 Å². The summed E-state index contributed by atoms with van der Waals surface area (Å²) >= 11 is 5.92. The number of ketones is 1. The van der Waals surface area contributed by atoms with Gasteiger partial charge in [0.25, 0.3) is 11.7 Å². The molecule has 1 aliphatic rings. The molecule has 0 saturated carbocycles. The van der Waals surface area contributed by atoms with Gasteiger partial charge in [-0.15, -0.1) is 0 Å². The Morgan fingerprint density at radius 3 is 2.47 bits per heavy atom. The molecule has 0 aliphatic carbocycles. The lowest BCUT2D eigenvalue weighted by Gasteiger charge is -2.25. The predicted octanol–water partition coefficient (Wildman–Crippen LogP) is 3.51. The normalized spacial score (nSPS) is 18.1. The molecule has 1 fully saturated rings. The minimum Gasteiger partial charge on any atom is -0.507 e. The summed E-state index contributed by atoms with van der Waals surface area (Å²) in [5.74, 6) is -1.66. The van der Waals surface area contributed by atoms with E-state index in [2.05, 4.69) is 0 Å². The van der Waals surface area contributed by atoms with Crippen molar-refractivity contribution in [1.82, 2.24) is 4.90 Å². The fourth-order valence-corrected chi connectivity index (χ4v) is 3.59. The van der Waals surface area contributed by atoms with Crippen LogP contribution in [-0.2, 0) is 14.3 Å². The number of nitrogens with zero attached hydrogens (tertiary/aromatic N) is 1. The molecule has 0 aromatic heterocycles. The quantitative estimate of drug-likeness (QED) is 0.301.